The molecule has 0 atom stereocenters. The van der Waals surface area contributed by atoms with E-state index in [4.69, 9.17) is 9.52 Å². The summed E-state index contributed by atoms with van der Waals surface area (Å²) in [5.74, 6) is 5.86. The van der Waals surface area contributed by atoms with Crippen molar-refractivity contribution in [2.45, 2.75) is 0 Å². The van der Waals surface area contributed by atoms with Crippen LogP contribution in [-0.2, 0) is 0 Å². The zero-order valence-corrected chi connectivity index (χ0v) is 7.84. The van der Waals surface area contributed by atoms with Gasteiger partial charge >= 0.3 is 0 Å². The number of aromatic nitrogens is 2. The lowest BCUT2D eigenvalue weighted by atomic mass is 10.1. The van der Waals surface area contributed by atoms with Gasteiger partial charge in [-0.15, -0.1) is 10.2 Å². The van der Waals surface area contributed by atoms with Crippen LogP contribution in [0.5, 0.6) is 0 Å². The Morgan fingerprint density at radius 1 is 1.27 bits per heavy atom. The van der Waals surface area contributed by atoms with Gasteiger partial charge in [-0.1, -0.05) is 11.8 Å². The third-order valence-corrected chi connectivity index (χ3v) is 1.80. The average Bonchev–Trinajstić information content (AvgIpc) is 2.80. The van der Waals surface area contributed by atoms with Crippen molar-refractivity contribution in [2.24, 2.45) is 0 Å². The normalized spacial score (nSPS) is 9.40. The molecule has 1 aromatic carbocycles. The zero-order chi connectivity index (χ0) is 10.5. The van der Waals surface area contributed by atoms with Crippen molar-refractivity contribution in [3.8, 4) is 23.3 Å². The monoisotopic (exact) mass is 200 g/mol. The average molecular weight is 200 g/mol. The molecule has 1 aromatic heterocycles. The first-order valence-corrected chi connectivity index (χ1v) is 4.36. The van der Waals surface area contributed by atoms with E-state index < -0.39 is 0 Å². The third-order valence-electron chi connectivity index (χ3n) is 1.80. The molecule has 74 valence electrons. The highest BCUT2D eigenvalue weighted by Gasteiger charge is 2.01. The maximum Gasteiger partial charge on any atom is 0.247 e. The molecule has 0 aliphatic heterocycles. The van der Waals surface area contributed by atoms with Crippen LogP contribution < -0.4 is 0 Å². The van der Waals surface area contributed by atoms with Crippen LogP contribution >= 0.6 is 0 Å². The van der Waals surface area contributed by atoms with Crippen molar-refractivity contribution in [1.82, 2.24) is 10.2 Å². The summed E-state index contributed by atoms with van der Waals surface area (Å²) in [4.78, 5) is 0. The van der Waals surface area contributed by atoms with Crippen molar-refractivity contribution in [1.29, 1.82) is 0 Å². The van der Waals surface area contributed by atoms with Gasteiger partial charge in [0.1, 0.15) is 6.61 Å². The molecule has 1 N–H and O–H groups in total. The van der Waals surface area contributed by atoms with Crippen molar-refractivity contribution in [2.75, 3.05) is 6.61 Å². The van der Waals surface area contributed by atoms with Gasteiger partial charge in [0.25, 0.3) is 0 Å². The standard InChI is InChI=1S/C11H8N2O2/c14-7-1-2-9-3-5-10(6-4-9)11-13-12-8-15-11/h3-6,8,14H,7H2. The summed E-state index contributed by atoms with van der Waals surface area (Å²) in [6.45, 7) is -0.134. The summed E-state index contributed by atoms with van der Waals surface area (Å²) in [6.07, 6.45) is 1.29. The van der Waals surface area contributed by atoms with E-state index in [9.17, 15) is 0 Å². The third kappa shape index (κ3) is 2.22. The van der Waals surface area contributed by atoms with Crippen LogP contribution in [0, 0.1) is 11.8 Å². The predicted octanol–water partition coefficient (Wildman–Crippen LogP) is 1.08. The molecule has 0 fully saturated rings. The van der Waals surface area contributed by atoms with E-state index in [1.165, 1.54) is 6.39 Å². The minimum absolute atomic E-state index is 0.134. The molecule has 0 bridgehead atoms. The van der Waals surface area contributed by atoms with E-state index >= 15 is 0 Å². The van der Waals surface area contributed by atoms with Gasteiger partial charge in [0, 0.05) is 11.1 Å². The molecule has 2 aromatic rings. The minimum atomic E-state index is -0.134. The number of aliphatic hydroxyl groups excluding tert-OH is 1. The Labute approximate surface area is 86.6 Å². The fourth-order valence-corrected chi connectivity index (χ4v) is 1.14. The second kappa shape index (κ2) is 4.40. The van der Waals surface area contributed by atoms with E-state index in [0.717, 1.165) is 11.1 Å². The predicted molar refractivity (Wildman–Crippen MR) is 53.7 cm³/mol. The van der Waals surface area contributed by atoms with Crippen molar-refractivity contribution < 1.29 is 9.52 Å². The molecule has 1 heterocycles. The molecule has 0 aliphatic rings. The molecular formula is C11H8N2O2. The number of hydrogen-bond donors (Lipinski definition) is 1. The Balaban J connectivity index is 2.25. The maximum absolute atomic E-state index is 8.53. The Bertz CT molecular complexity index is 478. The molecule has 0 saturated carbocycles. The van der Waals surface area contributed by atoms with Crippen molar-refractivity contribution in [3.05, 3.63) is 36.2 Å². The van der Waals surface area contributed by atoms with Crippen LogP contribution in [0.2, 0.25) is 0 Å². The Hall–Kier alpha value is -2.12. The van der Waals surface area contributed by atoms with Gasteiger partial charge in [-0.2, -0.15) is 0 Å². The Morgan fingerprint density at radius 2 is 2.07 bits per heavy atom. The van der Waals surface area contributed by atoms with Gasteiger partial charge in [0.2, 0.25) is 12.3 Å². The highest BCUT2D eigenvalue weighted by molar-refractivity contribution is 5.54. The van der Waals surface area contributed by atoms with E-state index in [-0.39, 0.29) is 6.61 Å². The molecule has 4 heteroatoms. The van der Waals surface area contributed by atoms with Gasteiger partial charge in [0.15, 0.2) is 0 Å². The molecule has 0 saturated heterocycles. The van der Waals surface area contributed by atoms with E-state index in [2.05, 4.69) is 22.0 Å². The van der Waals surface area contributed by atoms with Gasteiger partial charge in [-0.25, -0.2) is 0 Å². The lowest BCUT2D eigenvalue weighted by molar-refractivity contribution is 0.350. The first-order valence-electron chi connectivity index (χ1n) is 4.36. The molecule has 0 spiro atoms. The molecule has 0 aliphatic carbocycles. The Kier molecular flexibility index (Phi) is 2.77. The number of aliphatic hydroxyl groups is 1. The van der Waals surface area contributed by atoms with Crippen LogP contribution in [-0.4, -0.2) is 21.9 Å². The molecule has 0 radical (unpaired) electrons. The summed E-state index contributed by atoms with van der Waals surface area (Å²) >= 11 is 0. The highest BCUT2D eigenvalue weighted by Crippen LogP contribution is 2.15. The fraction of sp³-hybridized carbons (Fsp3) is 0.0909. The minimum Gasteiger partial charge on any atom is -0.423 e. The Morgan fingerprint density at radius 3 is 2.67 bits per heavy atom. The van der Waals surface area contributed by atoms with Crippen LogP contribution in [0.1, 0.15) is 5.56 Å². The fourth-order valence-electron chi connectivity index (χ4n) is 1.14. The highest BCUT2D eigenvalue weighted by atomic mass is 16.4. The number of benzene rings is 1. The molecule has 2 rings (SSSR count). The molecule has 15 heavy (non-hydrogen) atoms. The molecule has 0 unspecified atom stereocenters. The second-order valence-electron chi connectivity index (χ2n) is 2.78. The van der Waals surface area contributed by atoms with Gasteiger partial charge < -0.3 is 9.52 Å². The maximum atomic E-state index is 8.53. The van der Waals surface area contributed by atoms with Crippen molar-refractivity contribution in [3.63, 3.8) is 0 Å². The molecule has 0 amide bonds. The van der Waals surface area contributed by atoms with Crippen LogP contribution in [0.4, 0.5) is 0 Å². The summed E-state index contributed by atoms with van der Waals surface area (Å²) < 4.78 is 5.04. The summed E-state index contributed by atoms with van der Waals surface area (Å²) in [7, 11) is 0. The van der Waals surface area contributed by atoms with Gasteiger partial charge in [0.05, 0.1) is 0 Å². The number of rotatable bonds is 1. The lowest BCUT2D eigenvalue weighted by Crippen LogP contribution is -1.80. The lowest BCUT2D eigenvalue weighted by Gasteiger charge is -1.94. The number of hydrogen-bond acceptors (Lipinski definition) is 4. The SMILES string of the molecule is OCC#Cc1ccc(-c2nnco2)cc1. The van der Waals surface area contributed by atoms with Crippen LogP contribution in [0.3, 0.4) is 0 Å². The van der Waals surface area contributed by atoms with E-state index in [0.29, 0.717) is 5.89 Å². The molecular weight excluding hydrogens is 192 g/mol. The largest absolute Gasteiger partial charge is 0.423 e. The van der Waals surface area contributed by atoms with Gasteiger partial charge in [-0.3, -0.25) is 0 Å². The van der Waals surface area contributed by atoms with Crippen molar-refractivity contribution >= 4 is 0 Å². The first-order chi connectivity index (χ1) is 7.40. The van der Waals surface area contributed by atoms with E-state index in [1.54, 1.807) is 0 Å². The summed E-state index contributed by atoms with van der Waals surface area (Å²) in [5, 5.41) is 15.9. The molecule has 4 nitrogen and oxygen atoms in total. The topological polar surface area (TPSA) is 59.2 Å². The zero-order valence-electron chi connectivity index (χ0n) is 7.84. The summed E-state index contributed by atoms with van der Waals surface area (Å²) in [6, 6.07) is 7.36. The summed E-state index contributed by atoms with van der Waals surface area (Å²) in [5.41, 5.74) is 1.69. The van der Waals surface area contributed by atoms with Gasteiger partial charge in [-0.05, 0) is 24.3 Å². The second-order valence-corrected chi connectivity index (χ2v) is 2.78. The quantitative estimate of drug-likeness (QED) is 0.700. The smallest absolute Gasteiger partial charge is 0.247 e. The number of nitrogens with zero attached hydrogens (tertiary/aromatic N) is 2. The van der Waals surface area contributed by atoms with E-state index in [1.807, 2.05) is 24.3 Å². The van der Waals surface area contributed by atoms with Crippen LogP contribution in [0.15, 0.2) is 35.1 Å². The van der Waals surface area contributed by atoms with Crippen LogP contribution in [0.25, 0.3) is 11.5 Å². The first kappa shape index (κ1) is 9.44.